The van der Waals surface area contributed by atoms with Crippen LogP contribution in [0.4, 0.5) is 5.82 Å². The van der Waals surface area contributed by atoms with E-state index in [1.54, 1.807) is 0 Å². The second-order valence-electron chi connectivity index (χ2n) is 6.87. The summed E-state index contributed by atoms with van der Waals surface area (Å²) in [7, 11) is -10.5. The van der Waals surface area contributed by atoms with Crippen LogP contribution in [0, 0.1) is 0 Å². The fraction of sp³-hybridized carbons (Fsp3) is 0.733. The Morgan fingerprint density at radius 3 is 2.52 bits per heavy atom. The van der Waals surface area contributed by atoms with Crippen molar-refractivity contribution in [3.8, 4) is 0 Å². The van der Waals surface area contributed by atoms with E-state index in [0.29, 0.717) is 12.4 Å². The minimum absolute atomic E-state index is 0.335. The van der Waals surface area contributed by atoms with Crippen molar-refractivity contribution in [2.24, 2.45) is 0 Å². The highest BCUT2D eigenvalue weighted by Gasteiger charge is 2.45. The standard InChI is InChI=1S/C15H27N3O11P2/c1-2-3-4-5-7-16-11-6-8-18(15(21)17-11)14-13(20)12(19)10(28-14)9-27-31(25,26)29-30(22,23)24/h6,8,10,12-14,19-20H,2-5,7,9H2,1H3,(H,25,26)(H,16,17,21)(H2,22,23,24)/t10-,12-,13-,14-/m1/s1. The largest absolute Gasteiger partial charge is 0.481 e. The summed E-state index contributed by atoms with van der Waals surface area (Å²) in [6.45, 7) is 1.87. The number of unbranched alkanes of at least 4 members (excludes halogenated alkanes) is 3. The lowest BCUT2D eigenvalue weighted by Crippen LogP contribution is -2.36. The van der Waals surface area contributed by atoms with Crippen molar-refractivity contribution in [2.45, 2.75) is 57.1 Å². The van der Waals surface area contributed by atoms with E-state index in [2.05, 4.69) is 26.1 Å². The van der Waals surface area contributed by atoms with Crippen molar-refractivity contribution in [3.63, 3.8) is 0 Å². The second kappa shape index (κ2) is 11.1. The molecule has 0 aliphatic carbocycles. The van der Waals surface area contributed by atoms with E-state index < -0.39 is 52.5 Å². The zero-order valence-corrected chi connectivity index (χ0v) is 18.5. The molecule has 0 spiro atoms. The van der Waals surface area contributed by atoms with Crippen molar-refractivity contribution in [3.05, 3.63) is 22.7 Å². The van der Waals surface area contributed by atoms with Gasteiger partial charge in [-0.2, -0.15) is 9.29 Å². The lowest BCUT2D eigenvalue weighted by molar-refractivity contribution is -0.0541. The smallest absolute Gasteiger partial charge is 0.387 e. The predicted molar refractivity (Wildman–Crippen MR) is 106 cm³/mol. The van der Waals surface area contributed by atoms with Crippen molar-refractivity contribution in [1.29, 1.82) is 0 Å². The first-order valence-corrected chi connectivity index (χ1v) is 12.5. The van der Waals surface area contributed by atoms with E-state index in [0.717, 1.165) is 30.3 Å². The van der Waals surface area contributed by atoms with Gasteiger partial charge < -0.3 is 34.9 Å². The zero-order valence-electron chi connectivity index (χ0n) is 16.7. The number of nitrogens with one attached hydrogen (secondary N) is 1. The fourth-order valence-corrected chi connectivity index (χ4v) is 4.49. The van der Waals surface area contributed by atoms with Crippen LogP contribution in [-0.4, -0.2) is 65.9 Å². The molecule has 1 saturated heterocycles. The molecule has 0 amide bonds. The molecule has 1 aromatic rings. The molecule has 0 saturated carbocycles. The molecule has 0 aromatic carbocycles. The summed E-state index contributed by atoms with van der Waals surface area (Å²) in [5.74, 6) is 0.335. The molecule has 1 aliphatic heterocycles. The molecule has 0 bridgehead atoms. The summed E-state index contributed by atoms with van der Waals surface area (Å²) in [6, 6.07) is 1.49. The third-order valence-corrected chi connectivity index (χ3v) is 6.54. The van der Waals surface area contributed by atoms with Gasteiger partial charge in [-0.3, -0.25) is 9.09 Å². The van der Waals surface area contributed by atoms with Gasteiger partial charge in [0.2, 0.25) is 0 Å². The monoisotopic (exact) mass is 487 g/mol. The lowest BCUT2D eigenvalue weighted by atomic mass is 10.1. The van der Waals surface area contributed by atoms with Crippen LogP contribution >= 0.6 is 15.6 Å². The Labute approximate surface area is 177 Å². The lowest BCUT2D eigenvalue weighted by Gasteiger charge is -2.18. The second-order valence-corrected chi connectivity index (χ2v) is 9.70. The molecule has 1 unspecified atom stereocenters. The number of hydrogen-bond donors (Lipinski definition) is 6. The molecule has 2 heterocycles. The predicted octanol–water partition coefficient (Wildman–Crippen LogP) is 0.0810. The Hall–Kier alpha value is -1.18. The van der Waals surface area contributed by atoms with Gasteiger partial charge in [-0.25, -0.2) is 13.9 Å². The SMILES string of the molecule is CCCCCCNc1ccn([C@@H]2O[C@H](COP(=O)(O)OP(=O)(O)O)[C@@H](O)[C@H]2O)c(=O)n1. The van der Waals surface area contributed by atoms with Crippen LogP contribution in [0.5, 0.6) is 0 Å². The number of aliphatic hydroxyl groups is 2. The highest BCUT2D eigenvalue weighted by atomic mass is 31.3. The van der Waals surface area contributed by atoms with Gasteiger partial charge in [-0.05, 0) is 12.5 Å². The Morgan fingerprint density at radius 1 is 1.19 bits per heavy atom. The summed E-state index contributed by atoms with van der Waals surface area (Å²) < 4.78 is 36.5. The minimum atomic E-state index is -5.31. The molecule has 16 heteroatoms. The number of rotatable bonds is 12. The number of aliphatic hydroxyl groups excluding tert-OH is 2. The quantitative estimate of drug-likeness (QED) is 0.171. The molecule has 1 aromatic heterocycles. The Kier molecular flexibility index (Phi) is 9.34. The zero-order chi connectivity index (χ0) is 23.2. The van der Waals surface area contributed by atoms with Crippen LogP contribution in [-0.2, 0) is 22.7 Å². The van der Waals surface area contributed by atoms with Gasteiger partial charge in [-0.15, -0.1) is 0 Å². The molecule has 1 fully saturated rings. The van der Waals surface area contributed by atoms with E-state index in [-0.39, 0.29) is 0 Å². The molecule has 6 N–H and O–H groups in total. The maximum atomic E-state index is 12.3. The van der Waals surface area contributed by atoms with Gasteiger partial charge in [-0.1, -0.05) is 26.2 Å². The topological polar surface area (TPSA) is 210 Å². The maximum absolute atomic E-state index is 12.3. The first-order valence-electron chi connectivity index (χ1n) is 9.52. The first kappa shape index (κ1) is 26.1. The summed E-state index contributed by atoms with van der Waals surface area (Å²) in [5, 5.41) is 23.3. The summed E-state index contributed by atoms with van der Waals surface area (Å²) >= 11 is 0. The number of ether oxygens (including phenoxy) is 1. The Bertz CT molecular complexity index is 876. The van der Waals surface area contributed by atoms with Gasteiger partial charge >= 0.3 is 21.3 Å². The Morgan fingerprint density at radius 2 is 1.90 bits per heavy atom. The van der Waals surface area contributed by atoms with E-state index in [1.807, 2.05) is 0 Å². The van der Waals surface area contributed by atoms with E-state index in [9.17, 15) is 29.0 Å². The average Bonchev–Trinajstić information content (AvgIpc) is 2.93. The molecular weight excluding hydrogens is 460 g/mol. The van der Waals surface area contributed by atoms with Gasteiger partial charge in [0, 0.05) is 12.7 Å². The van der Waals surface area contributed by atoms with Crippen LogP contribution in [0.3, 0.4) is 0 Å². The Balaban J connectivity index is 1.98. The normalized spacial score (nSPS) is 26.0. The van der Waals surface area contributed by atoms with Gasteiger partial charge in [0.05, 0.1) is 6.61 Å². The minimum Gasteiger partial charge on any atom is -0.387 e. The molecule has 178 valence electrons. The van der Waals surface area contributed by atoms with Crippen molar-refractivity contribution < 1.29 is 47.6 Å². The van der Waals surface area contributed by atoms with E-state index in [1.165, 1.54) is 12.3 Å². The van der Waals surface area contributed by atoms with E-state index >= 15 is 0 Å². The highest BCUT2D eigenvalue weighted by molar-refractivity contribution is 7.60. The summed E-state index contributed by atoms with van der Waals surface area (Å²) in [5.41, 5.74) is -0.769. The molecule has 1 aliphatic rings. The van der Waals surface area contributed by atoms with Gasteiger partial charge in [0.15, 0.2) is 6.23 Å². The number of aromatic nitrogens is 2. The molecule has 14 nitrogen and oxygen atoms in total. The molecular formula is C15H27N3O11P2. The average molecular weight is 487 g/mol. The third-order valence-electron chi connectivity index (χ3n) is 4.39. The molecule has 5 atom stereocenters. The van der Waals surface area contributed by atoms with Crippen molar-refractivity contribution in [1.82, 2.24) is 9.55 Å². The number of phosphoric ester groups is 1. The number of anilines is 1. The van der Waals surface area contributed by atoms with Gasteiger partial charge in [0.25, 0.3) is 0 Å². The number of hydrogen-bond acceptors (Lipinski definition) is 10. The molecule has 31 heavy (non-hydrogen) atoms. The third kappa shape index (κ3) is 8.03. The van der Waals surface area contributed by atoms with Crippen molar-refractivity contribution >= 4 is 21.5 Å². The van der Waals surface area contributed by atoms with Crippen LogP contribution in [0.2, 0.25) is 0 Å². The summed E-state index contributed by atoms with van der Waals surface area (Å²) in [6.07, 6.45) is -0.541. The molecule has 2 rings (SSSR count). The maximum Gasteiger partial charge on any atom is 0.481 e. The van der Waals surface area contributed by atoms with Crippen LogP contribution in [0.25, 0.3) is 0 Å². The van der Waals surface area contributed by atoms with Gasteiger partial charge in [0.1, 0.15) is 24.1 Å². The highest BCUT2D eigenvalue weighted by Crippen LogP contribution is 2.57. The van der Waals surface area contributed by atoms with Crippen LogP contribution < -0.4 is 11.0 Å². The van der Waals surface area contributed by atoms with Crippen LogP contribution in [0.15, 0.2) is 17.1 Å². The summed E-state index contributed by atoms with van der Waals surface area (Å²) in [4.78, 5) is 42.6. The molecule has 0 radical (unpaired) electrons. The number of nitrogens with zero attached hydrogens (tertiary/aromatic N) is 2. The fourth-order valence-electron chi connectivity index (χ4n) is 2.90. The number of phosphoric acid groups is 2. The van der Waals surface area contributed by atoms with Crippen molar-refractivity contribution in [2.75, 3.05) is 18.5 Å². The van der Waals surface area contributed by atoms with E-state index in [4.69, 9.17) is 14.5 Å². The first-order chi connectivity index (χ1) is 14.4. The van der Waals surface area contributed by atoms with Crippen LogP contribution in [0.1, 0.15) is 38.8 Å².